The number of fused-ring (bicyclic) bond motifs is 1. The number of rotatable bonds is 7. The van der Waals surface area contributed by atoms with Gasteiger partial charge in [-0.2, -0.15) is 0 Å². The molecule has 0 saturated heterocycles. The normalized spacial score (nSPS) is 15.9. The summed E-state index contributed by atoms with van der Waals surface area (Å²) >= 11 is 6.06. The zero-order chi connectivity index (χ0) is 18.4. The minimum Gasteiger partial charge on any atom is -0.493 e. The van der Waals surface area contributed by atoms with Crippen molar-refractivity contribution in [2.45, 2.75) is 12.5 Å². The van der Waals surface area contributed by atoms with E-state index in [0.717, 1.165) is 17.7 Å². The lowest BCUT2D eigenvalue weighted by Crippen LogP contribution is -2.39. The van der Waals surface area contributed by atoms with Crippen molar-refractivity contribution in [1.82, 2.24) is 10.2 Å². The first-order chi connectivity index (χ1) is 12.6. The number of nitrogens with zero attached hydrogens (tertiary/aromatic N) is 1. The minimum atomic E-state index is -0.00746. The predicted octanol–water partition coefficient (Wildman–Crippen LogP) is 3.29. The Morgan fingerprint density at radius 1 is 1.27 bits per heavy atom. The zero-order valence-corrected chi connectivity index (χ0v) is 15.5. The van der Waals surface area contributed by atoms with Crippen LogP contribution >= 0.6 is 11.6 Å². The number of amides is 1. The molecule has 5 nitrogen and oxygen atoms in total. The van der Waals surface area contributed by atoms with Crippen molar-refractivity contribution < 1.29 is 14.3 Å². The van der Waals surface area contributed by atoms with Gasteiger partial charge in [0.15, 0.2) is 0 Å². The molecule has 1 heterocycles. The first kappa shape index (κ1) is 18.5. The van der Waals surface area contributed by atoms with Gasteiger partial charge >= 0.3 is 0 Å². The molecule has 2 aromatic carbocycles. The number of hydrogen-bond donors (Lipinski definition) is 1. The highest BCUT2D eigenvalue weighted by Gasteiger charge is 2.22. The molecule has 1 aliphatic heterocycles. The van der Waals surface area contributed by atoms with E-state index in [1.54, 1.807) is 6.07 Å². The van der Waals surface area contributed by atoms with Crippen molar-refractivity contribution in [2.24, 2.45) is 0 Å². The number of halogens is 1. The van der Waals surface area contributed by atoms with E-state index in [9.17, 15) is 4.79 Å². The fourth-order valence-corrected chi connectivity index (χ4v) is 3.12. The Morgan fingerprint density at radius 3 is 2.88 bits per heavy atom. The quantitative estimate of drug-likeness (QED) is 0.808. The van der Waals surface area contributed by atoms with Gasteiger partial charge in [0.1, 0.15) is 18.1 Å². The number of nitrogens with one attached hydrogen (secondary N) is 1. The summed E-state index contributed by atoms with van der Waals surface area (Å²) in [7, 11) is 1.90. The van der Waals surface area contributed by atoms with Crippen molar-refractivity contribution in [2.75, 3.05) is 33.4 Å². The fourth-order valence-electron chi connectivity index (χ4n) is 2.93. The molecule has 1 aliphatic rings. The lowest BCUT2D eigenvalue weighted by atomic mass is 10.0. The monoisotopic (exact) mass is 374 g/mol. The van der Waals surface area contributed by atoms with Gasteiger partial charge in [0.25, 0.3) is 0 Å². The summed E-state index contributed by atoms with van der Waals surface area (Å²) in [5.41, 5.74) is 1.04. The molecule has 0 radical (unpaired) electrons. The van der Waals surface area contributed by atoms with Gasteiger partial charge in [-0.25, -0.2) is 0 Å². The minimum absolute atomic E-state index is 0.000209. The first-order valence-electron chi connectivity index (χ1n) is 8.70. The molecule has 0 spiro atoms. The standard InChI is InChI=1S/C20H23ClN2O3/c1-23(11-13-26-19-9-5-3-7-16(19)21)14-20(24)22-17-10-12-25-18-8-4-2-6-15(17)18/h2-9,17H,10-14H2,1H3,(H,22,24). The van der Waals surface area contributed by atoms with E-state index in [0.29, 0.717) is 37.1 Å². The molecule has 1 amide bonds. The van der Waals surface area contributed by atoms with Gasteiger partial charge in [-0.3, -0.25) is 9.69 Å². The number of ether oxygens (including phenoxy) is 2. The molecular formula is C20H23ClN2O3. The SMILES string of the molecule is CN(CCOc1ccccc1Cl)CC(=O)NC1CCOc2ccccc21. The van der Waals surface area contributed by atoms with Crippen LogP contribution in [0.15, 0.2) is 48.5 Å². The van der Waals surface area contributed by atoms with E-state index in [1.807, 2.05) is 54.4 Å². The number of carbonyl (C=O) groups is 1. The Labute approximate surface area is 158 Å². The van der Waals surface area contributed by atoms with E-state index >= 15 is 0 Å². The molecule has 0 fully saturated rings. The van der Waals surface area contributed by atoms with Gasteiger partial charge in [0.05, 0.1) is 24.2 Å². The van der Waals surface area contributed by atoms with Crippen molar-refractivity contribution in [3.05, 3.63) is 59.1 Å². The molecule has 1 unspecified atom stereocenters. The van der Waals surface area contributed by atoms with Crippen LogP contribution in [0.25, 0.3) is 0 Å². The molecule has 2 aromatic rings. The Kier molecular flexibility index (Phi) is 6.36. The molecule has 0 aromatic heterocycles. The van der Waals surface area contributed by atoms with E-state index in [-0.39, 0.29) is 11.9 Å². The molecule has 0 saturated carbocycles. The Morgan fingerprint density at radius 2 is 2.04 bits per heavy atom. The molecule has 138 valence electrons. The number of para-hydroxylation sites is 2. The highest BCUT2D eigenvalue weighted by molar-refractivity contribution is 6.32. The first-order valence-corrected chi connectivity index (χ1v) is 9.08. The maximum absolute atomic E-state index is 12.4. The maximum Gasteiger partial charge on any atom is 0.234 e. The topological polar surface area (TPSA) is 50.8 Å². The van der Waals surface area contributed by atoms with Gasteiger partial charge in [0.2, 0.25) is 5.91 Å². The predicted molar refractivity (Wildman–Crippen MR) is 102 cm³/mol. The largest absolute Gasteiger partial charge is 0.493 e. The van der Waals surface area contributed by atoms with Crippen LogP contribution < -0.4 is 14.8 Å². The third kappa shape index (κ3) is 4.90. The van der Waals surface area contributed by atoms with Crippen molar-refractivity contribution in [1.29, 1.82) is 0 Å². The third-order valence-corrected chi connectivity index (χ3v) is 4.59. The average molecular weight is 375 g/mol. The van der Waals surface area contributed by atoms with Crippen LogP contribution in [0, 0.1) is 0 Å². The van der Waals surface area contributed by atoms with Crippen LogP contribution in [0.1, 0.15) is 18.0 Å². The number of likely N-dealkylation sites (N-methyl/N-ethyl adjacent to an activating group) is 1. The molecule has 0 aliphatic carbocycles. The molecular weight excluding hydrogens is 352 g/mol. The number of hydrogen-bond acceptors (Lipinski definition) is 4. The second-order valence-electron chi connectivity index (χ2n) is 6.31. The van der Waals surface area contributed by atoms with Crippen molar-refractivity contribution >= 4 is 17.5 Å². The summed E-state index contributed by atoms with van der Waals surface area (Å²) in [6, 6.07) is 15.2. The number of benzene rings is 2. The fraction of sp³-hybridized carbons (Fsp3) is 0.350. The summed E-state index contributed by atoms with van der Waals surface area (Å²) < 4.78 is 11.3. The van der Waals surface area contributed by atoms with Crippen LogP contribution in [-0.4, -0.2) is 44.2 Å². The molecule has 3 rings (SSSR count). The smallest absolute Gasteiger partial charge is 0.234 e. The summed E-state index contributed by atoms with van der Waals surface area (Å²) in [6.45, 7) is 2.02. The lowest BCUT2D eigenvalue weighted by molar-refractivity contribution is -0.122. The van der Waals surface area contributed by atoms with Crippen molar-refractivity contribution in [3.8, 4) is 11.5 Å². The molecule has 6 heteroatoms. The Balaban J connectivity index is 1.44. The Hall–Kier alpha value is -2.24. The molecule has 26 heavy (non-hydrogen) atoms. The lowest BCUT2D eigenvalue weighted by Gasteiger charge is -2.27. The summed E-state index contributed by atoms with van der Waals surface area (Å²) in [4.78, 5) is 14.3. The maximum atomic E-state index is 12.4. The van der Waals surface area contributed by atoms with Crippen LogP contribution in [0.3, 0.4) is 0 Å². The van der Waals surface area contributed by atoms with Crippen LogP contribution in [0.5, 0.6) is 11.5 Å². The van der Waals surface area contributed by atoms with Gasteiger partial charge in [-0.1, -0.05) is 41.9 Å². The van der Waals surface area contributed by atoms with E-state index < -0.39 is 0 Å². The van der Waals surface area contributed by atoms with Crippen LogP contribution in [0.4, 0.5) is 0 Å². The van der Waals surface area contributed by atoms with Gasteiger partial charge in [-0.15, -0.1) is 0 Å². The summed E-state index contributed by atoms with van der Waals surface area (Å²) in [5.74, 6) is 1.50. The summed E-state index contributed by atoms with van der Waals surface area (Å²) in [5, 5.41) is 3.69. The number of carbonyl (C=O) groups excluding carboxylic acids is 1. The zero-order valence-electron chi connectivity index (χ0n) is 14.8. The molecule has 0 bridgehead atoms. The van der Waals surface area contributed by atoms with Gasteiger partial charge in [-0.05, 0) is 25.2 Å². The van der Waals surface area contributed by atoms with Crippen molar-refractivity contribution in [3.63, 3.8) is 0 Å². The highest BCUT2D eigenvalue weighted by atomic mass is 35.5. The average Bonchev–Trinajstić information content (AvgIpc) is 2.63. The van der Waals surface area contributed by atoms with Crippen LogP contribution in [0.2, 0.25) is 5.02 Å². The highest BCUT2D eigenvalue weighted by Crippen LogP contribution is 2.31. The molecule has 1 N–H and O–H groups in total. The van der Waals surface area contributed by atoms with E-state index in [4.69, 9.17) is 21.1 Å². The van der Waals surface area contributed by atoms with Crippen LogP contribution in [-0.2, 0) is 4.79 Å². The molecule has 1 atom stereocenters. The second kappa shape index (κ2) is 8.92. The second-order valence-corrected chi connectivity index (χ2v) is 6.72. The van der Waals surface area contributed by atoms with E-state index in [2.05, 4.69) is 5.32 Å². The summed E-state index contributed by atoms with van der Waals surface area (Å²) in [6.07, 6.45) is 0.780. The van der Waals surface area contributed by atoms with Gasteiger partial charge in [0, 0.05) is 18.5 Å². The van der Waals surface area contributed by atoms with E-state index in [1.165, 1.54) is 0 Å². The van der Waals surface area contributed by atoms with Gasteiger partial charge < -0.3 is 14.8 Å². The third-order valence-electron chi connectivity index (χ3n) is 4.27. The Bertz CT molecular complexity index is 753.